The van der Waals surface area contributed by atoms with E-state index in [2.05, 4.69) is 9.71 Å². The number of rotatable bonds is 4. The third-order valence-electron chi connectivity index (χ3n) is 1.66. The lowest BCUT2D eigenvalue weighted by atomic mass is 10.3. The third-order valence-corrected chi connectivity index (χ3v) is 2.96. The fraction of sp³-hybridized carbons (Fsp3) is 0.375. The molecule has 1 aromatic rings. The molecule has 0 unspecified atom stereocenters. The summed E-state index contributed by atoms with van der Waals surface area (Å²) in [5, 5.41) is 0. The van der Waals surface area contributed by atoms with Gasteiger partial charge < -0.3 is 5.73 Å². The Bertz CT molecular complexity index is 403. The van der Waals surface area contributed by atoms with Crippen LogP contribution in [0.4, 0.5) is 5.69 Å². The Morgan fingerprint density at radius 3 is 2.86 bits per heavy atom. The van der Waals surface area contributed by atoms with Crippen LogP contribution in [0.2, 0.25) is 0 Å². The molecule has 0 aliphatic rings. The standard InChI is InChI=1S/C8H13N3O2S/c1-7-8(3-2-5-10-7)11-14(12,13)6-4-9/h2-3,5,11H,4,6,9H2,1H3. The van der Waals surface area contributed by atoms with Crippen LogP contribution in [0.15, 0.2) is 18.3 Å². The molecule has 5 nitrogen and oxygen atoms in total. The van der Waals surface area contributed by atoms with Crippen LogP contribution in [0.25, 0.3) is 0 Å². The lowest BCUT2D eigenvalue weighted by molar-refractivity contribution is 0.601. The zero-order valence-electron chi connectivity index (χ0n) is 7.90. The van der Waals surface area contributed by atoms with Gasteiger partial charge in [0.1, 0.15) is 0 Å². The molecule has 1 aromatic heterocycles. The van der Waals surface area contributed by atoms with Crippen LogP contribution in [-0.4, -0.2) is 25.7 Å². The molecule has 0 saturated carbocycles. The van der Waals surface area contributed by atoms with Crippen LogP contribution in [0.5, 0.6) is 0 Å². The molecule has 3 N–H and O–H groups in total. The van der Waals surface area contributed by atoms with E-state index < -0.39 is 10.0 Å². The number of nitrogens with zero attached hydrogens (tertiary/aromatic N) is 1. The number of aryl methyl sites for hydroxylation is 1. The molecule has 1 heterocycles. The zero-order valence-corrected chi connectivity index (χ0v) is 8.71. The second kappa shape index (κ2) is 4.39. The number of anilines is 1. The Labute approximate surface area is 83.4 Å². The quantitative estimate of drug-likeness (QED) is 0.745. The minimum absolute atomic E-state index is 0.0820. The zero-order chi connectivity index (χ0) is 10.6. The predicted octanol–water partition coefficient (Wildman–Crippen LogP) is 0.0904. The van der Waals surface area contributed by atoms with Crippen LogP contribution in [0.3, 0.4) is 0 Å². The Morgan fingerprint density at radius 2 is 2.29 bits per heavy atom. The number of pyridine rings is 1. The summed E-state index contributed by atoms with van der Waals surface area (Å²) in [5.74, 6) is -0.0820. The van der Waals surface area contributed by atoms with Gasteiger partial charge in [-0.2, -0.15) is 0 Å². The molecule has 0 amide bonds. The average molecular weight is 215 g/mol. The van der Waals surface area contributed by atoms with E-state index in [4.69, 9.17) is 5.73 Å². The fourth-order valence-electron chi connectivity index (χ4n) is 0.966. The minimum Gasteiger partial charge on any atom is -0.329 e. The van der Waals surface area contributed by atoms with Crippen molar-refractivity contribution < 1.29 is 8.42 Å². The number of hydrogen-bond donors (Lipinski definition) is 2. The third kappa shape index (κ3) is 2.97. The van der Waals surface area contributed by atoms with Crippen molar-refractivity contribution in [2.45, 2.75) is 6.92 Å². The van der Waals surface area contributed by atoms with E-state index in [9.17, 15) is 8.42 Å². The summed E-state index contributed by atoms with van der Waals surface area (Å²) in [4.78, 5) is 3.97. The van der Waals surface area contributed by atoms with Crippen molar-refractivity contribution in [3.63, 3.8) is 0 Å². The first-order chi connectivity index (χ1) is 6.55. The molecular weight excluding hydrogens is 202 g/mol. The summed E-state index contributed by atoms with van der Waals surface area (Å²) >= 11 is 0. The summed E-state index contributed by atoms with van der Waals surface area (Å²) in [6.07, 6.45) is 1.61. The number of nitrogens with one attached hydrogen (secondary N) is 1. The molecule has 0 atom stereocenters. The molecule has 6 heteroatoms. The summed E-state index contributed by atoms with van der Waals surface area (Å²) in [6, 6.07) is 3.34. The maximum atomic E-state index is 11.3. The molecule has 78 valence electrons. The monoisotopic (exact) mass is 215 g/mol. The SMILES string of the molecule is Cc1ncccc1NS(=O)(=O)CCN. The molecular formula is C8H13N3O2S. The summed E-state index contributed by atoms with van der Waals surface area (Å²) in [5.41, 5.74) is 6.32. The van der Waals surface area contributed by atoms with Gasteiger partial charge >= 0.3 is 0 Å². The van der Waals surface area contributed by atoms with Crippen molar-refractivity contribution in [1.82, 2.24) is 4.98 Å². The molecule has 0 saturated heterocycles. The molecule has 0 aliphatic carbocycles. The van der Waals surface area contributed by atoms with Crippen molar-refractivity contribution >= 4 is 15.7 Å². The first-order valence-electron chi connectivity index (χ1n) is 4.17. The van der Waals surface area contributed by atoms with Gasteiger partial charge in [-0.15, -0.1) is 0 Å². The van der Waals surface area contributed by atoms with Gasteiger partial charge in [0, 0.05) is 12.7 Å². The first-order valence-corrected chi connectivity index (χ1v) is 5.82. The lowest BCUT2D eigenvalue weighted by Gasteiger charge is -2.08. The molecule has 0 radical (unpaired) electrons. The maximum Gasteiger partial charge on any atom is 0.234 e. The highest BCUT2D eigenvalue weighted by molar-refractivity contribution is 7.92. The van der Waals surface area contributed by atoms with E-state index in [0.29, 0.717) is 11.4 Å². The van der Waals surface area contributed by atoms with E-state index in [1.165, 1.54) is 0 Å². The van der Waals surface area contributed by atoms with E-state index >= 15 is 0 Å². The van der Waals surface area contributed by atoms with Crippen molar-refractivity contribution in [1.29, 1.82) is 0 Å². The van der Waals surface area contributed by atoms with Crippen molar-refractivity contribution in [3.05, 3.63) is 24.0 Å². The number of hydrogen-bond acceptors (Lipinski definition) is 4. The van der Waals surface area contributed by atoms with Gasteiger partial charge in [-0.05, 0) is 19.1 Å². The second-order valence-electron chi connectivity index (χ2n) is 2.85. The van der Waals surface area contributed by atoms with Crippen molar-refractivity contribution in [2.24, 2.45) is 5.73 Å². The van der Waals surface area contributed by atoms with Gasteiger partial charge in [-0.1, -0.05) is 0 Å². The highest BCUT2D eigenvalue weighted by Gasteiger charge is 2.10. The normalized spacial score (nSPS) is 11.3. The molecule has 0 spiro atoms. The molecule has 0 aromatic carbocycles. The number of nitrogens with two attached hydrogens (primary N) is 1. The van der Waals surface area contributed by atoms with Crippen LogP contribution < -0.4 is 10.5 Å². The molecule has 14 heavy (non-hydrogen) atoms. The van der Waals surface area contributed by atoms with Gasteiger partial charge in [0.25, 0.3) is 0 Å². The van der Waals surface area contributed by atoms with Crippen LogP contribution in [0, 0.1) is 6.92 Å². The molecule has 0 fully saturated rings. The Kier molecular flexibility index (Phi) is 3.43. The van der Waals surface area contributed by atoms with E-state index in [0.717, 1.165) is 0 Å². The second-order valence-corrected chi connectivity index (χ2v) is 4.69. The van der Waals surface area contributed by atoms with Gasteiger partial charge in [0.05, 0.1) is 17.1 Å². The molecule has 1 rings (SSSR count). The minimum atomic E-state index is -3.32. The Hall–Kier alpha value is -1.14. The van der Waals surface area contributed by atoms with Crippen LogP contribution >= 0.6 is 0 Å². The summed E-state index contributed by atoms with van der Waals surface area (Å²) in [6.45, 7) is 1.84. The Morgan fingerprint density at radius 1 is 1.57 bits per heavy atom. The number of aromatic nitrogens is 1. The largest absolute Gasteiger partial charge is 0.329 e. The highest BCUT2D eigenvalue weighted by Crippen LogP contribution is 2.11. The van der Waals surface area contributed by atoms with Gasteiger partial charge in [-0.25, -0.2) is 8.42 Å². The topological polar surface area (TPSA) is 85.1 Å². The van der Waals surface area contributed by atoms with Gasteiger partial charge in [-0.3, -0.25) is 9.71 Å². The van der Waals surface area contributed by atoms with Gasteiger partial charge in [0.15, 0.2) is 0 Å². The lowest BCUT2D eigenvalue weighted by Crippen LogP contribution is -2.22. The average Bonchev–Trinajstić information content (AvgIpc) is 2.08. The van der Waals surface area contributed by atoms with Crippen LogP contribution in [0.1, 0.15) is 5.69 Å². The van der Waals surface area contributed by atoms with E-state index in [1.807, 2.05) is 0 Å². The Balaban J connectivity index is 2.84. The van der Waals surface area contributed by atoms with Gasteiger partial charge in [0.2, 0.25) is 10.0 Å². The number of sulfonamides is 1. The van der Waals surface area contributed by atoms with E-state index in [-0.39, 0.29) is 12.3 Å². The predicted molar refractivity (Wildman–Crippen MR) is 55.4 cm³/mol. The van der Waals surface area contributed by atoms with Crippen molar-refractivity contribution in [3.8, 4) is 0 Å². The van der Waals surface area contributed by atoms with Crippen molar-refractivity contribution in [2.75, 3.05) is 17.0 Å². The molecule has 0 aliphatic heterocycles. The first kappa shape index (κ1) is 10.9. The maximum absolute atomic E-state index is 11.3. The smallest absolute Gasteiger partial charge is 0.234 e. The van der Waals surface area contributed by atoms with Crippen LogP contribution in [-0.2, 0) is 10.0 Å². The summed E-state index contributed by atoms with van der Waals surface area (Å²) < 4.78 is 25.1. The highest BCUT2D eigenvalue weighted by atomic mass is 32.2. The fourth-order valence-corrected chi connectivity index (χ4v) is 1.93. The summed E-state index contributed by atoms with van der Waals surface area (Å²) in [7, 11) is -3.32. The molecule has 0 bridgehead atoms. The van der Waals surface area contributed by atoms with E-state index in [1.54, 1.807) is 25.3 Å².